The van der Waals surface area contributed by atoms with Crippen LogP contribution in [0.5, 0.6) is 0 Å². The summed E-state index contributed by atoms with van der Waals surface area (Å²) >= 11 is 1.99. The molecule has 0 radical (unpaired) electrons. The molecule has 0 aromatic heterocycles. The number of alkyl halides is 3. The fraction of sp³-hybridized carbons (Fsp3) is 1.00. The molecule has 1 unspecified atom stereocenters. The van der Waals surface area contributed by atoms with Crippen molar-refractivity contribution in [3.05, 3.63) is 0 Å². The van der Waals surface area contributed by atoms with Crippen molar-refractivity contribution in [2.45, 2.75) is 44.6 Å². The predicted molar refractivity (Wildman–Crippen MR) is 54.0 cm³/mol. The van der Waals surface area contributed by atoms with E-state index in [0.29, 0.717) is 10.8 Å². The standard InChI is InChI=1S/C8H15F2IO/c1-2-3-5-8(9,10)7(12)4-6-11/h7,12H,2-6H2,1H3. The summed E-state index contributed by atoms with van der Waals surface area (Å²) in [5.41, 5.74) is 0. The maximum absolute atomic E-state index is 12.9. The number of hydrogen-bond acceptors (Lipinski definition) is 1. The van der Waals surface area contributed by atoms with Gasteiger partial charge in [-0.25, -0.2) is 8.78 Å². The Morgan fingerprint density at radius 3 is 2.50 bits per heavy atom. The number of hydrogen-bond donors (Lipinski definition) is 1. The monoisotopic (exact) mass is 292 g/mol. The van der Waals surface area contributed by atoms with Gasteiger partial charge >= 0.3 is 0 Å². The Hall–Kier alpha value is 0.550. The van der Waals surface area contributed by atoms with Crippen LogP contribution in [-0.4, -0.2) is 21.6 Å². The van der Waals surface area contributed by atoms with Crippen LogP contribution < -0.4 is 0 Å². The second-order valence-electron chi connectivity index (χ2n) is 2.86. The number of rotatable bonds is 6. The van der Waals surface area contributed by atoms with E-state index in [-0.39, 0.29) is 12.8 Å². The molecule has 12 heavy (non-hydrogen) atoms. The van der Waals surface area contributed by atoms with Gasteiger partial charge in [-0.2, -0.15) is 0 Å². The van der Waals surface area contributed by atoms with Gasteiger partial charge < -0.3 is 5.11 Å². The molecule has 0 aromatic rings. The molecule has 0 saturated carbocycles. The van der Waals surface area contributed by atoms with Crippen molar-refractivity contribution >= 4 is 22.6 Å². The van der Waals surface area contributed by atoms with Gasteiger partial charge in [0.1, 0.15) is 6.10 Å². The van der Waals surface area contributed by atoms with Crippen LogP contribution in [0, 0.1) is 0 Å². The van der Waals surface area contributed by atoms with Crippen LogP contribution in [0.15, 0.2) is 0 Å². The molecule has 0 aliphatic heterocycles. The van der Waals surface area contributed by atoms with Gasteiger partial charge in [0, 0.05) is 10.8 Å². The van der Waals surface area contributed by atoms with Crippen molar-refractivity contribution in [2.75, 3.05) is 4.43 Å². The van der Waals surface area contributed by atoms with Crippen LogP contribution in [0.2, 0.25) is 0 Å². The summed E-state index contributed by atoms with van der Waals surface area (Å²) in [6, 6.07) is 0. The maximum Gasteiger partial charge on any atom is 0.273 e. The van der Waals surface area contributed by atoms with Gasteiger partial charge in [-0.3, -0.25) is 0 Å². The molecule has 0 spiro atoms. The predicted octanol–water partition coefficient (Wildman–Crippen LogP) is 3.00. The Labute approximate surface area is 85.7 Å². The lowest BCUT2D eigenvalue weighted by atomic mass is 10.0. The van der Waals surface area contributed by atoms with E-state index in [1.807, 2.05) is 29.5 Å². The number of unbranched alkanes of at least 4 members (excludes halogenated alkanes) is 1. The van der Waals surface area contributed by atoms with E-state index >= 15 is 0 Å². The molecular formula is C8H15F2IO. The first-order valence-electron chi connectivity index (χ1n) is 4.16. The Morgan fingerprint density at radius 2 is 2.08 bits per heavy atom. The van der Waals surface area contributed by atoms with Gasteiger partial charge in [0.25, 0.3) is 5.92 Å². The van der Waals surface area contributed by atoms with Crippen molar-refractivity contribution in [1.82, 2.24) is 0 Å². The molecule has 0 saturated heterocycles. The fourth-order valence-corrected chi connectivity index (χ4v) is 1.48. The summed E-state index contributed by atoms with van der Waals surface area (Å²) in [6.07, 6.45) is -0.253. The van der Waals surface area contributed by atoms with E-state index in [0.717, 1.165) is 6.42 Å². The third-order valence-electron chi connectivity index (χ3n) is 1.73. The van der Waals surface area contributed by atoms with Crippen molar-refractivity contribution in [3.8, 4) is 0 Å². The number of halogens is 3. The van der Waals surface area contributed by atoms with Gasteiger partial charge in [0.05, 0.1) is 0 Å². The smallest absolute Gasteiger partial charge is 0.273 e. The normalized spacial score (nSPS) is 14.8. The van der Waals surface area contributed by atoms with Crippen LogP contribution >= 0.6 is 22.6 Å². The summed E-state index contributed by atoms with van der Waals surface area (Å²) in [4.78, 5) is 0. The number of aliphatic hydroxyl groups excluding tert-OH is 1. The summed E-state index contributed by atoms with van der Waals surface area (Å²) in [7, 11) is 0. The SMILES string of the molecule is CCCCC(F)(F)C(O)CCI. The molecule has 0 aromatic carbocycles. The maximum atomic E-state index is 12.9. The van der Waals surface area contributed by atoms with Gasteiger partial charge in [0.15, 0.2) is 0 Å². The largest absolute Gasteiger partial charge is 0.387 e. The fourth-order valence-electron chi connectivity index (χ4n) is 0.894. The lowest BCUT2D eigenvalue weighted by molar-refractivity contribution is -0.114. The number of aliphatic hydroxyl groups is 1. The van der Waals surface area contributed by atoms with E-state index in [4.69, 9.17) is 5.11 Å². The lowest BCUT2D eigenvalue weighted by Gasteiger charge is -2.21. The van der Waals surface area contributed by atoms with Crippen LogP contribution in [-0.2, 0) is 0 Å². The molecule has 0 amide bonds. The van der Waals surface area contributed by atoms with Crippen LogP contribution in [0.1, 0.15) is 32.6 Å². The Kier molecular flexibility index (Phi) is 6.35. The van der Waals surface area contributed by atoms with Gasteiger partial charge in [-0.1, -0.05) is 35.9 Å². The first-order chi connectivity index (χ1) is 5.54. The van der Waals surface area contributed by atoms with Crippen molar-refractivity contribution in [1.29, 1.82) is 0 Å². The Morgan fingerprint density at radius 1 is 1.50 bits per heavy atom. The third kappa shape index (κ3) is 4.54. The molecule has 1 N–H and O–H groups in total. The van der Waals surface area contributed by atoms with Crippen molar-refractivity contribution < 1.29 is 13.9 Å². The molecule has 1 nitrogen and oxygen atoms in total. The minimum Gasteiger partial charge on any atom is -0.387 e. The highest BCUT2D eigenvalue weighted by Crippen LogP contribution is 2.27. The van der Waals surface area contributed by atoms with Crippen molar-refractivity contribution in [3.63, 3.8) is 0 Å². The van der Waals surface area contributed by atoms with E-state index in [1.165, 1.54) is 0 Å². The summed E-state index contributed by atoms with van der Waals surface area (Å²) in [5.74, 6) is -2.89. The average Bonchev–Trinajstić information content (AvgIpc) is 2.01. The van der Waals surface area contributed by atoms with Gasteiger partial charge in [-0.05, 0) is 12.8 Å². The molecular weight excluding hydrogens is 277 g/mol. The topological polar surface area (TPSA) is 20.2 Å². The summed E-state index contributed by atoms with van der Waals surface area (Å²) < 4.78 is 26.4. The minimum absolute atomic E-state index is 0.178. The Balaban J connectivity index is 3.81. The highest BCUT2D eigenvalue weighted by Gasteiger charge is 2.36. The molecule has 1 atom stereocenters. The molecule has 0 heterocycles. The van der Waals surface area contributed by atoms with Crippen molar-refractivity contribution in [2.24, 2.45) is 0 Å². The summed E-state index contributed by atoms with van der Waals surface area (Å²) in [6.45, 7) is 1.86. The average molecular weight is 292 g/mol. The molecule has 0 aliphatic rings. The van der Waals surface area contributed by atoms with Gasteiger partial charge in [0.2, 0.25) is 0 Å². The van der Waals surface area contributed by atoms with Gasteiger partial charge in [-0.15, -0.1) is 0 Å². The second-order valence-corrected chi connectivity index (χ2v) is 3.94. The molecule has 0 rings (SSSR count). The van der Waals surface area contributed by atoms with Crippen LogP contribution in [0.3, 0.4) is 0 Å². The van der Waals surface area contributed by atoms with Crippen LogP contribution in [0.4, 0.5) is 8.78 Å². The highest BCUT2D eigenvalue weighted by atomic mass is 127. The first-order valence-corrected chi connectivity index (χ1v) is 5.69. The zero-order chi connectivity index (χ0) is 9.61. The molecule has 0 bridgehead atoms. The summed E-state index contributed by atoms with van der Waals surface area (Å²) in [5, 5.41) is 9.05. The zero-order valence-electron chi connectivity index (χ0n) is 7.19. The van der Waals surface area contributed by atoms with E-state index in [9.17, 15) is 8.78 Å². The third-order valence-corrected chi connectivity index (χ3v) is 2.36. The lowest BCUT2D eigenvalue weighted by Crippen LogP contribution is -2.33. The van der Waals surface area contributed by atoms with E-state index in [1.54, 1.807) is 0 Å². The molecule has 74 valence electrons. The molecule has 0 aliphatic carbocycles. The van der Waals surface area contributed by atoms with Crippen LogP contribution in [0.25, 0.3) is 0 Å². The quantitative estimate of drug-likeness (QED) is 0.589. The zero-order valence-corrected chi connectivity index (χ0v) is 9.35. The van der Waals surface area contributed by atoms with E-state index in [2.05, 4.69) is 0 Å². The molecule has 0 fully saturated rings. The minimum atomic E-state index is -2.89. The second kappa shape index (κ2) is 6.07. The first kappa shape index (κ1) is 12.6. The highest BCUT2D eigenvalue weighted by molar-refractivity contribution is 14.1. The Bertz CT molecular complexity index is 120. The molecule has 4 heteroatoms. The van der Waals surface area contributed by atoms with E-state index < -0.39 is 12.0 Å².